The number of benzene rings is 1. The highest BCUT2D eigenvalue weighted by Gasteiger charge is 2.32. The second-order valence-electron chi connectivity index (χ2n) is 5.73. The van der Waals surface area contributed by atoms with Gasteiger partial charge >= 0.3 is 11.2 Å². The van der Waals surface area contributed by atoms with Crippen molar-refractivity contribution >= 4 is 11.6 Å². The fourth-order valence-corrected chi connectivity index (χ4v) is 2.99. The van der Waals surface area contributed by atoms with E-state index in [1.54, 1.807) is 0 Å². The van der Waals surface area contributed by atoms with Gasteiger partial charge in [0.1, 0.15) is 11.6 Å². The van der Waals surface area contributed by atoms with E-state index in [1.165, 1.54) is 11.0 Å². The van der Waals surface area contributed by atoms with Crippen molar-refractivity contribution in [3.05, 3.63) is 73.7 Å². The molecule has 0 radical (unpaired) electrons. The lowest BCUT2D eigenvalue weighted by molar-refractivity contribution is -0.386. The normalized spacial score (nSPS) is 16.9. The summed E-state index contributed by atoms with van der Waals surface area (Å²) < 4.78 is 27.8. The number of halogens is 2. The Morgan fingerprint density at radius 2 is 2.00 bits per heavy atom. The lowest BCUT2D eigenvalue weighted by Crippen LogP contribution is -2.29. The van der Waals surface area contributed by atoms with Gasteiger partial charge in [-0.15, -0.1) is 0 Å². The Morgan fingerprint density at radius 1 is 1.32 bits per heavy atom. The SMILES string of the molecule is O=C(c1c[nH]c(=O)c([N+](=O)[O-])c1)N1CCC(c2c(F)cccc2F)C1. The first kappa shape index (κ1) is 16.7. The fraction of sp³-hybridized carbons (Fsp3) is 0.250. The van der Waals surface area contributed by atoms with Crippen LogP contribution in [0.15, 0.2) is 35.3 Å². The summed E-state index contributed by atoms with van der Waals surface area (Å²) in [7, 11) is 0. The molecule has 1 aliphatic rings. The molecule has 1 N–H and O–H groups in total. The third kappa shape index (κ3) is 3.12. The van der Waals surface area contributed by atoms with Gasteiger partial charge in [0.05, 0.1) is 10.5 Å². The molecule has 0 spiro atoms. The lowest BCUT2D eigenvalue weighted by Gasteiger charge is -2.17. The topological polar surface area (TPSA) is 96.3 Å². The summed E-state index contributed by atoms with van der Waals surface area (Å²) in [5.74, 6) is -2.38. The Kier molecular flexibility index (Phi) is 4.30. The van der Waals surface area contributed by atoms with Crippen molar-refractivity contribution in [1.29, 1.82) is 0 Å². The van der Waals surface area contributed by atoms with Crippen LogP contribution in [0.25, 0.3) is 0 Å². The first-order chi connectivity index (χ1) is 11.9. The summed E-state index contributed by atoms with van der Waals surface area (Å²) in [5, 5.41) is 10.8. The van der Waals surface area contributed by atoms with Crippen molar-refractivity contribution in [2.75, 3.05) is 13.1 Å². The zero-order valence-electron chi connectivity index (χ0n) is 12.9. The number of amides is 1. The third-order valence-electron chi connectivity index (χ3n) is 4.21. The molecule has 0 bridgehead atoms. The third-order valence-corrected chi connectivity index (χ3v) is 4.21. The van der Waals surface area contributed by atoms with Gasteiger partial charge < -0.3 is 9.88 Å². The molecule has 3 rings (SSSR count). The van der Waals surface area contributed by atoms with Gasteiger partial charge in [0.25, 0.3) is 5.91 Å². The number of likely N-dealkylation sites (tertiary alicyclic amines) is 1. The second-order valence-corrected chi connectivity index (χ2v) is 5.73. The minimum atomic E-state index is -0.908. The summed E-state index contributed by atoms with van der Waals surface area (Å²) in [6.45, 7) is 0.341. The summed E-state index contributed by atoms with van der Waals surface area (Å²) in [5.41, 5.74) is -1.76. The highest BCUT2D eigenvalue weighted by molar-refractivity contribution is 5.94. The summed E-state index contributed by atoms with van der Waals surface area (Å²) in [4.78, 5) is 37.3. The molecule has 2 heterocycles. The Hall–Kier alpha value is -3.10. The quantitative estimate of drug-likeness (QED) is 0.678. The van der Waals surface area contributed by atoms with E-state index in [2.05, 4.69) is 4.98 Å². The highest BCUT2D eigenvalue weighted by Crippen LogP contribution is 2.31. The zero-order chi connectivity index (χ0) is 18.1. The minimum absolute atomic E-state index is 0.0547. The number of aromatic amines is 1. The van der Waals surface area contributed by atoms with Crippen molar-refractivity contribution in [2.24, 2.45) is 0 Å². The number of carbonyl (C=O) groups excluding carboxylic acids is 1. The molecule has 0 saturated carbocycles. The Balaban J connectivity index is 1.83. The molecule has 1 aromatic heterocycles. The fourth-order valence-electron chi connectivity index (χ4n) is 2.99. The number of aromatic nitrogens is 1. The average Bonchev–Trinajstić information content (AvgIpc) is 3.04. The smallest absolute Gasteiger partial charge is 0.334 e. The molecule has 1 saturated heterocycles. The molecular formula is C16H13F2N3O4. The van der Waals surface area contributed by atoms with E-state index in [0.29, 0.717) is 6.42 Å². The van der Waals surface area contributed by atoms with Crippen LogP contribution in [0.1, 0.15) is 28.3 Å². The van der Waals surface area contributed by atoms with Gasteiger partial charge in [-0.25, -0.2) is 8.78 Å². The van der Waals surface area contributed by atoms with Crippen LogP contribution in [0.5, 0.6) is 0 Å². The molecule has 2 aromatic rings. The van der Waals surface area contributed by atoms with Crippen LogP contribution < -0.4 is 5.56 Å². The van der Waals surface area contributed by atoms with Gasteiger partial charge in [-0.05, 0) is 18.6 Å². The maximum atomic E-state index is 13.9. The van der Waals surface area contributed by atoms with E-state index in [1.807, 2.05) is 0 Å². The second kappa shape index (κ2) is 6.42. The van der Waals surface area contributed by atoms with Gasteiger partial charge in [-0.2, -0.15) is 0 Å². The number of nitrogens with one attached hydrogen (secondary N) is 1. The number of H-pyrrole nitrogens is 1. The van der Waals surface area contributed by atoms with Crippen molar-refractivity contribution in [3.63, 3.8) is 0 Å². The molecule has 130 valence electrons. The molecule has 1 amide bonds. The predicted octanol–water partition coefficient (Wildman–Crippen LogP) is 2.19. The molecule has 1 aromatic carbocycles. The van der Waals surface area contributed by atoms with E-state index in [4.69, 9.17) is 0 Å². The largest absolute Gasteiger partial charge is 0.338 e. The van der Waals surface area contributed by atoms with Crippen molar-refractivity contribution in [2.45, 2.75) is 12.3 Å². The molecule has 1 unspecified atom stereocenters. The van der Waals surface area contributed by atoms with Crippen molar-refractivity contribution in [1.82, 2.24) is 9.88 Å². The van der Waals surface area contributed by atoms with E-state index < -0.39 is 39.6 Å². The number of carbonyl (C=O) groups is 1. The molecule has 7 nitrogen and oxygen atoms in total. The minimum Gasteiger partial charge on any atom is -0.338 e. The molecular weight excluding hydrogens is 336 g/mol. The standard InChI is InChI=1S/C16H13F2N3O4/c17-11-2-1-3-12(18)14(11)9-4-5-20(8-9)16(23)10-6-13(21(24)25)15(22)19-7-10/h1-3,6-7,9H,4-5,8H2,(H,19,22). The Morgan fingerprint density at radius 3 is 2.64 bits per heavy atom. The molecule has 1 fully saturated rings. The van der Waals surface area contributed by atoms with Crippen LogP contribution in [0.2, 0.25) is 0 Å². The number of hydrogen-bond donors (Lipinski definition) is 1. The number of hydrogen-bond acceptors (Lipinski definition) is 4. The van der Waals surface area contributed by atoms with E-state index in [9.17, 15) is 28.5 Å². The van der Waals surface area contributed by atoms with Gasteiger partial charge in [0, 0.05) is 36.8 Å². The van der Waals surface area contributed by atoms with E-state index in [-0.39, 0.29) is 24.2 Å². The first-order valence-electron chi connectivity index (χ1n) is 7.48. The van der Waals surface area contributed by atoms with Crippen LogP contribution in [0, 0.1) is 21.7 Å². The molecule has 0 aliphatic carbocycles. The predicted molar refractivity (Wildman–Crippen MR) is 83.3 cm³/mol. The molecule has 9 heteroatoms. The summed E-state index contributed by atoms with van der Waals surface area (Å²) in [6, 6.07) is 4.49. The molecule has 25 heavy (non-hydrogen) atoms. The number of nitrogens with zero attached hydrogens (tertiary/aromatic N) is 2. The van der Waals surface area contributed by atoms with Crippen LogP contribution in [0.3, 0.4) is 0 Å². The number of nitro groups is 1. The maximum Gasteiger partial charge on any atom is 0.334 e. The van der Waals surface area contributed by atoms with Crippen LogP contribution >= 0.6 is 0 Å². The highest BCUT2D eigenvalue weighted by atomic mass is 19.1. The molecule has 1 atom stereocenters. The van der Waals surface area contributed by atoms with Gasteiger partial charge in [-0.1, -0.05) is 6.07 Å². The number of rotatable bonds is 3. The average molecular weight is 349 g/mol. The van der Waals surface area contributed by atoms with Crippen LogP contribution in [0.4, 0.5) is 14.5 Å². The Labute approximate surface area is 140 Å². The summed E-state index contributed by atoms with van der Waals surface area (Å²) >= 11 is 0. The van der Waals surface area contributed by atoms with Crippen LogP contribution in [-0.2, 0) is 0 Å². The molecule has 1 aliphatic heterocycles. The Bertz CT molecular complexity index is 892. The first-order valence-corrected chi connectivity index (χ1v) is 7.48. The van der Waals surface area contributed by atoms with E-state index >= 15 is 0 Å². The van der Waals surface area contributed by atoms with Crippen molar-refractivity contribution in [3.8, 4) is 0 Å². The van der Waals surface area contributed by atoms with Gasteiger partial charge in [0.2, 0.25) is 0 Å². The van der Waals surface area contributed by atoms with Crippen LogP contribution in [-0.4, -0.2) is 33.8 Å². The lowest BCUT2D eigenvalue weighted by atomic mass is 9.97. The maximum absolute atomic E-state index is 13.9. The monoisotopic (exact) mass is 349 g/mol. The summed E-state index contributed by atoms with van der Waals surface area (Å²) in [6.07, 6.45) is 1.46. The number of pyridine rings is 1. The zero-order valence-corrected chi connectivity index (χ0v) is 12.9. The van der Waals surface area contributed by atoms with Gasteiger partial charge in [0.15, 0.2) is 0 Å². The van der Waals surface area contributed by atoms with E-state index in [0.717, 1.165) is 24.4 Å². The van der Waals surface area contributed by atoms with Gasteiger partial charge in [-0.3, -0.25) is 19.7 Å². The van der Waals surface area contributed by atoms with Crippen molar-refractivity contribution < 1.29 is 18.5 Å².